The number of hydrogen-bond acceptors (Lipinski definition) is 3. The van der Waals surface area contributed by atoms with Crippen LogP contribution in [-0.4, -0.2) is 29.0 Å². The Kier molecular flexibility index (Phi) is 5.41. The van der Waals surface area contributed by atoms with Crippen molar-refractivity contribution < 1.29 is 5.21 Å². The first kappa shape index (κ1) is 14.9. The molecule has 4 heteroatoms. The Morgan fingerprint density at radius 2 is 2.15 bits per heavy atom. The summed E-state index contributed by atoms with van der Waals surface area (Å²) < 4.78 is 0. The Bertz CT molecular complexity index is 459. The van der Waals surface area contributed by atoms with Crippen LogP contribution in [0.2, 0.25) is 0 Å². The zero-order valence-electron chi connectivity index (χ0n) is 12.3. The quantitative estimate of drug-likeness (QED) is 0.384. The fourth-order valence-electron chi connectivity index (χ4n) is 2.99. The molecule has 1 heterocycles. The van der Waals surface area contributed by atoms with E-state index in [1.54, 1.807) is 0 Å². The molecule has 0 aromatic heterocycles. The van der Waals surface area contributed by atoms with Gasteiger partial charge >= 0.3 is 0 Å². The molecule has 3 N–H and O–H groups in total. The smallest absolute Gasteiger partial charge is 0.170 e. The molecule has 1 aliphatic rings. The molecule has 1 saturated heterocycles. The van der Waals surface area contributed by atoms with Crippen molar-refractivity contribution in [3.8, 4) is 0 Å². The van der Waals surface area contributed by atoms with Crippen LogP contribution in [0.1, 0.15) is 43.7 Å². The average molecular weight is 275 g/mol. The van der Waals surface area contributed by atoms with Gasteiger partial charge < -0.3 is 10.9 Å². The molecule has 1 aliphatic heterocycles. The van der Waals surface area contributed by atoms with E-state index in [0.717, 1.165) is 36.7 Å². The summed E-state index contributed by atoms with van der Waals surface area (Å²) in [4.78, 5) is 2.49. The second kappa shape index (κ2) is 7.29. The second-order valence-corrected chi connectivity index (χ2v) is 5.62. The molecule has 0 aliphatic carbocycles. The maximum Gasteiger partial charge on any atom is 0.170 e. The van der Waals surface area contributed by atoms with E-state index in [-0.39, 0.29) is 5.84 Å². The van der Waals surface area contributed by atoms with Gasteiger partial charge in [-0.05, 0) is 43.8 Å². The van der Waals surface area contributed by atoms with Gasteiger partial charge in [-0.2, -0.15) is 0 Å². The molecule has 0 radical (unpaired) electrons. The number of nitrogens with two attached hydrogens (primary N) is 1. The van der Waals surface area contributed by atoms with Gasteiger partial charge in [0.15, 0.2) is 5.84 Å². The van der Waals surface area contributed by atoms with Gasteiger partial charge in [-0.25, -0.2) is 0 Å². The molecule has 0 saturated carbocycles. The van der Waals surface area contributed by atoms with Gasteiger partial charge in [-0.15, -0.1) is 0 Å². The van der Waals surface area contributed by atoms with Crippen LogP contribution in [0.25, 0.3) is 0 Å². The minimum atomic E-state index is 0.196. The van der Waals surface area contributed by atoms with Crippen molar-refractivity contribution in [2.75, 3.05) is 13.1 Å². The third-order valence-electron chi connectivity index (χ3n) is 4.31. The highest BCUT2D eigenvalue weighted by molar-refractivity contribution is 5.98. The highest BCUT2D eigenvalue weighted by Gasteiger charge is 2.17. The van der Waals surface area contributed by atoms with Crippen molar-refractivity contribution >= 4 is 5.84 Å². The molecule has 4 nitrogen and oxygen atoms in total. The topological polar surface area (TPSA) is 61.8 Å². The zero-order chi connectivity index (χ0) is 14.4. The van der Waals surface area contributed by atoms with Crippen LogP contribution in [0.3, 0.4) is 0 Å². The van der Waals surface area contributed by atoms with E-state index in [2.05, 4.69) is 23.0 Å². The van der Waals surface area contributed by atoms with Crippen molar-refractivity contribution in [3.63, 3.8) is 0 Å². The molecule has 0 amide bonds. The largest absolute Gasteiger partial charge is 0.409 e. The van der Waals surface area contributed by atoms with Crippen LogP contribution < -0.4 is 5.73 Å². The minimum absolute atomic E-state index is 0.196. The van der Waals surface area contributed by atoms with Gasteiger partial charge in [0.05, 0.1) is 0 Å². The van der Waals surface area contributed by atoms with Gasteiger partial charge in [0.2, 0.25) is 0 Å². The molecule has 1 aromatic carbocycles. The lowest BCUT2D eigenvalue weighted by molar-refractivity contribution is 0.271. The summed E-state index contributed by atoms with van der Waals surface area (Å²) in [6.45, 7) is 5.45. The van der Waals surface area contributed by atoms with E-state index in [9.17, 15) is 0 Å². The molecular weight excluding hydrogens is 250 g/mol. The lowest BCUT2D eigenvalue weighted by Crippen LogP contribution is -2.26. The lowest BCUT2D eigenvalue weighted by Gasteiger charge is -2.21. The Hall–Kier alpha value is -1.55. The highest BCUT2D eigenvalue weighted by atomic mass is 16.4. The average Bonchev–Trinajstić information content (AvgIpc) is 2.72. The lowest BCUT2D eigenvalue weighted by atomic mass is 9.98. The summed E-state index contributed by atoms with van der Waals surface area (Å²) >= 11 is 0. The van der Waals surface area contributed by atoms with Crippen molar-refractivity contribution in [2.24, 2.45) is 16.8 Å². The normalized spacial score (nSPS) is 21.6. The van der Waals surface area contributed by atoms with Crippen molar-refractivity contribution in [2.45, 2.75) is 39.2 Å². The molecule has 1 fully saturated rings. The monoisotopic (exact) mass is 275 g/mol. The van der Waals surface area contributed by atoms with E-state index >= 15 is 0 Å². The zero-order valence-corrected chi connectivity index (χ0v) is 12.3. The maximum absolute atomic E-state index is 8.88. The minimum Gasteiger partial charge on any atom is -0.409 e. The van der Waals surface area contributed by atoms with E-state index < -0.39 is 0 Å². The fourth-order valence-corrected chi connectivity index (χ4v) is 2.99. The first-order valence-corrected chi connectivity index (χ1v) is 7.52. The summed E-state index contributed by atoms with van der Waals surface area (Å²) in [5.41, 5.74) is 7.73. The predicted molar refractivity (Wildman–Crippen MR) is 81.9 cm³/mol. The number of likely N-dealkylation sites (tertiary alicyclic amines) is 1. The Labute approximate surface area is 121 Å². The number of oxime groups is 1. The third kappa shape index (κ3) is 3.73. The molecule has 1 atom stereocenters. The predicted octanol–water partition coefficient (Wildman–Crippen LogP) is 2.79. The Morgan fingerprint density at radius 1 is 1.35 bits per heavy atom. The molecule has 2 rings (SSSR count). The number of nitrogens with zero attached hydrogens (tertiary/aromatic N) is 2. The number of rotatable bonds is 4. The molecule has 0 bridgehead atoms. The molecule has 1 aromatic rings. The summed E-state index contributed by atoms with van der Waals surface area (Å²) in [5.74, 6) is 1.07. The van der Waals surface area contributed by atoms with E-state index in [1.807, 2.05) is 18.2 Å². The molecule has 110 valence electrons. The maximum atomic E-state index is 8.88. The van der Waals surface area contributed by atoms with Crippen LogP contribution >= 0.6 is 0 Å². The SMILES string of the molecule is CCC1CCCN(Cc2ccccc2C(N)=NO)CC1. The highest BCUT2D eigenvalue weighted by Crippen LogP contribution is 2.22. The van der Waals surface area contributed by atoms with Crippen molar-refractivity contribution in [3.05, 3.63) is 35.4 Å². The number of amidine groups is 1. The number of benzene rings is 1. The standard InChI is InChI=1S/C16H25N3O/c1-2-13-6-5-10-19(11-9-13)12-14-7-3-4-8-15(14)16(17)18-20/h3-4,7-8,13,20H,2,5-6,9-12H2,1H3,(H2,17,18). The molecule has 20 heavy (non-hydrogen) atoms. The summed E-state index contributed by atoms with van der Waals surface area (Å²) in [5, 5.41) is 12.0. The summed E-state index contributed by atoms with van der Waals surface area (Å²) in [6, 6.07) is 7.91. The van der Waals surface area contributed by atoms with Crippen LogP contribution in [0.15, 0.2) is 29.4 Å². The summed E-state index contributed by atoms with van der Waals surface area (Å²) in [7, 11) is 0. The van der Waals surface area contributed by atoms with Gasteiger partial charge in [0.25, 0.3) is 0 Å². The van der Waals surface area contributed by atoms with Crippen LogP contribution in [0.5, 0.6) is 0 Å². The van der Waals surface area contributed by atoms with Crippen LogP contribution in [0.4, 0.5) is 0 Å². The van der Waals surface area contributed by atoms with E-state index in [0.29, 0.717) is 0 Å². The van der Waals surface area contributed by atoms with E-state index in [1.165, 1.54) is 25.7 Å². The van der Waals surface area contributed by atoms with E-state index in [4.69, 9.17) is 10.9 Å². The van der Waals surface area contributed by atoms with Crippen molar-refractivity contribution in [1.82, 2.24) is 4.90 Å². The van der Waals surface area contributed by atoms with Crippen LogP contribution in [-0.2, 0) is 6.54 Å². The second-order valence-electron chi connectivity index (χ2n) is 5.62. The number of hydrogen-bond donors (Lipinski definition) is 2. The van der Waals surface area contributed by atoms with Gasteiger partial charge in [-0.3, -0.25) is 4.90 Å². The fraction of sp³-hybridized carbons (Fsp3) is 0.562. The first-order valence-electron chi connectivity index (χ1n) is 7.52. The third-order valence-corrected chi connectivity index (χ3v) is 4.31. The molecular formula is C16H25N3O. The van der Waals surface area contributed by atoms with Crippen LogP contribution in [0, 0.1) is 5.92 Å². The van der Waals surface area contributed by atoms with Crippen molar-refractivity contribution in [1.29, 1.82) is 0 Å². The Morgan fingerprint density at radius 3 is 2.90 bits per heavy atom. The first-order chi connectivity index (χ1) is 9.74. The Balaban J connectivity index is 2.06. The summed E-state index contributed by atoms with van der Waals surface area (Å²) in [6.07, 6.45) is 5.18. The molecule has 0 spiro atoms. The molecule has 1 unspecified atom stereocenters. The van der Waals surface area contributed by atoms with Gasteiger partial charge in [0, 0.05) is 12.1 Å². The van der Waals surface area contributed by atoms with Gasteiger partial charge in [0.1, 0.15) is 0 Å². The van der Waals surface area contributed by atoms with Gasteiger partial charge in [-0.1, -0.05) is 42.8 Å².